The van der Waals surface area contributed by atoms with Gasteiger partial charge in [-0.05, 0) is 36.4 Å². The van der Waals surface area contributed by atoms with Crippen molar-refractivity contribution in [2.45, 2.75) is 6.18 Å². The van der Waals surface area contributed by atoms with E-state index in [9.17, 15) is 13.2 Å². The first-order valence-electron chi connectivity index (χ1n) is 6.39. The van der Waals surface area contributed by atoms with Gasteiger partial charge in [0.1, 0.15) is 11.5 Å². The molecule has 2 aromatic carbocycles. The van der Waals surface area contributed by atoms with Gasteiger partial charge in [-0.25, -0.2) is 4.99 Å². The van der Waals surface area contributed by atoms with E-state index >= 15 is 0 Å². The van der Waals surface area contributed by atoms with Gasteiger partial charge in [0.05, 0.1) is 19.9 Å². The Labute approximate surface area is 126 Å². The zero-order chi connectivity index (χ0) is 16.2. The average Bonchev–Trinajstić information content (AvgIpc) is 2.52. The van der Waals surface area contributed by atoms with E-state index in [1.807, 2.05) is 0 Å². The molecule has 0 saturated heterocycles. The van der Waals surface area contributed by atoms with Crippen LogP contribution in [0.1, 0.15) is 5.56 Å². The van der Waals surface area contributed by atoms with Gasteiger partial charge in [0.15, 0.2) is 5.71 Å². The molecular weight excluding hydrogens is 295 g/mol. The number of nitrogens with zero attached hydrogens (tertiary/aromatic N) is 1. The molecule has 0 atom stereocenters. The third-order valence-electron chi connectivity index (χ3n) is 2.94. The van der Waals surface area contributed by atoms with E-state index < -0.39 is 11.9 Å². The van der Waals surface area contributed by atoms with Gasteiger partial charge in [0, 0.05) is 5.56 Å². The fourth-order valence-electron chi connectivity index (χ4n) is 1.90. The van der Waals surface area contributed by atoms with Crippen LogP contribution < -0.4 is 9.47 Å². The summed E-state index contributed by atoms with van der Waals surface area (Å²) in [5.74, 6) is 0.664. The normalized spacial score (nSPS) is 12.1. The van der Waals surface area contributed by atoms with Crippen LogP contribution >= 0.6 is 0 Å². The smallest absolute Gasteiger partial charge is 0.434 e. The van der Waals surface area contributed by atoms with E-state index in [0.29, 0.717) is 5.75 Å². The van der Waals surface area contributed by atoms with E-state index in [-0.39, 0.29) is 17.0 Å². The molecule has 0 aromatic heterocycles. The minimum atomic E-state index is -4.60. The number of aliphatic imine (C=N–C) groups is 1. The number of alkyl halides is 3. The molecule has 0 spiro atoms. The molecule has 0 aliphatic heterocycles. The van der Waals surface area contributed by atoms with Gasteiger partial charge in [-0.15, -0.1) is 0 Å². The third-order valence-corrected chi connectivity index (χ3v) is 2.94. The monoisotopic (exact) mass is 309 g/mol. The third kappa shape index (κ3) is 3.58. The molecule has 0 bridgehead atoms. The molecular formula is C16H14F3NO2. The Morgan fingerprint density at radius 2 is 1.55 bits per heavy atom. The average molecular weight is 309 g/mol. The maximum absolute atomic E-state index is 13.3. The lowest BCUT2D eigenvalue weighted by Crippen LogP contribution is -2.24. The van der Waals surface area contributed by atoms with Crippen molar-refractivity contribution < 1.29 is 22.6 Å². The zero-order valence-electron chi connectivity index (χ0n) is 12.0. The Kier molecular flexibility index (Phi) is 4.70. The predicted octanol–water partition coefficient (Wildman–Crippen LogP) is 4.39. The Morgan fingerprint density at radius 3 is 2.09 bits per heavy atom. The Morgan fingerprint density at radius 1 is 0.909 bits per heavy atom. The van der Waals surface area contributed by atoms with Crippen LogP contribution in [0.5, 0.6) is 11.5 Å². The van der Waals surface area contributed by atoms with Crippen LogP contribution in [0, 0.1) is 0 Å². The molecule has 0 N–H and O–H groups in total. The number of ether oxygens (including phenoxy) is 2. The summed E-state index contributed by atoms with van der Waals surface area (Å²) in [5, 5.41) is 0. The topological polar surface area (TPSA) is 30.8 Å². The van der Waals surface area contributed by atoms with E-state index in [0.717, 1.165) is 0 Å². The molecule has 22 heavy (non-hydrogen) atoms. The number of methoxy groups -OCH3 is 2. The summed E-state index contributed by atoms with van der Waals surface area (Å²) < 4.78 is 50.0. The molecule has 0 aliphatic carbocycles. The maximum Gasteiger partial charge on any atom is 0.434 e. The van der Waals surface area contributed by atoms with Crippen molar-refractivity contribution in [1.82, 2.24) is 0 Å². The first-order valence-corrected chi connectivity index (χ1v) is 6.39. The van der Waals surface area contributed by atoms with E-state index in [4.69, 9.17) is 9.47 Å². The SMILES string of the molecule is COc1ccc(N=C(c2ccccc2OC)C(F)(F)F)cc1. The summed E-state index contributed by atoms with van der Waals surface area (Å²) >= 11 is 0. The predicted molar refractivity (Wildman–Crippen MR) is 78.2 cm³/mol. The van der Waals surface area contributed by atoms with Gasteiger partial charge in [0.25, 0.3) is 0 Å². The molecule has 0 unspecified atom stereocenters. The van der Waals surface area contributed by atoms with Crippen molar-refractivity contribution in [2.24, 2.45) is 4.99 Å². The van der Waals surface area contributed by atoms with Crippen molar-refractivity contribution in [3.05, 3.63) is 54.1 Å². The molecule has 0 radical (unpaired) electrons. The van der Waals surface area contributed by atoms with E-state index in [1.54, 1.807) is 18.2 Å². The quantitative estimate of drug-likeness (QED) is 0.784. The highest BCUT2D eigenvalue weighted by Crippen LogP contribution is 2.31. The zero-order valence-corrected chi connectivity index (χ0v) is 12.0. The number of halogens is 3. The van der Waals surface area contributed by atoms with Crippen LogP contribution in [0.25, 0.3) is 0 Å². The lowest BCUT2D eigenvalue weighted by atomic mass is 10.1. The number of hydrogen-bond donors (Lipinski definition) is 0. The molecule has 0 amide bonds. The van der Waals surface area contributed by atoms with Crippen molar-refractivity contribution in [2.75, 3.05) is 14.2 Å². The summed E-state index contributed by atoms with van der Waals surface area (Å²) in [4.78, 5) is 3.74. The summed E-state index contributed by atoms with van der Waals surface area (Å²) in [6.45, 7) is 0. The summed E-state index contributed by atoms with van der Waals surface area (Å²) in [6, 6.07) is 11.9. The van der Waals surface area contributed by atoms with Gasteiger partial charge in [-0.2, -0.15) is 13.2 Å². The van der Waals surface area contributed by atoms with Gasteiger partial charge < -0.3 is 9.47 Å². The number of para-hydroxylation sites is 1. The van der Waals surface area contributed by atoms with E-state index in [2.05, 4.69) is 4.99 Å². The van der Waals surface area contributed by atoms with Crippen molar-refractivity contribution in [3.8, 4) is 11.5 Å². The fourth-order valence-corrected chi connectivity index (χ4v) is 1.90. The summed E-state index contributed by atoms with van der Waals surface area (Å²) in [7, 11) is 2.80. The maximum atomic E-state index is 13.3. The van der Waals surface area contributed by atoms with Crippen molar-refractivity contribution in [1.29, 1.82) is 0 Å². The van der Waals surface area contributed by atoms with Crippen LogP contribution in [0.4, 0.5) is 18.9 Å². The Hall–Kier alpha value is -2.50. The van der Waals surface area contributed by atoms with Crippen LogP contribution in [0.15, 0.2) is 53.5 Å². The largest absolute Gasteiger partial charge is 0.497 e. The summed E-state index contributed by atoms with van der Waals surface area (Å²) in [6.07, 6.45) is -4.60. The summed E-state index contributed by atoms with van der Waals surface area (Å²) in [5.41, 5.74) is -0.928. The number of hydrogen-bond acceptors (Lipinski definition) is 3. The molecule has 2 rings (SSSR count). The van der Waals surface area contributed by atoms with Crippen LogP contribution in [-0.2, 0) is 0 Å². The highest BCUT2D eigenvalue weighted by molar-refractivity contribution is 6.07. The fraction of sp³-hybridized carbons (Fsp3) is 0.188. The molecule has 0 heterocycles. The highest BCUT2D eigenvalue weighted by Gasteiger charge is 2.38. The molecule has 2 aromatic rings. The van der Waals surface area contributed by atoms with Gasteiger partial charge >= 0.3 is 6.18 Å². The Bertz CT molecular complexity index is 664. The Balaban J connectivity index is 2.52. The highest BCUT2D eigenvalue weighted by atomic mass is 19.4. The second-order valence-electron chi connectivity index (χ2n) is 4.36. The van der Waals surface area contributed by atoms with Crippen LogP contribution in [-0.4, -0.2) is 26.1 Å². The minimum absolute atomic E-state index is 0.103. The van der Waals surface area contributed by atoms with Gasteiger partial charge in [0.2, 0.25) is 0 Å². The van der Waals surface area contributed by atoms with Gasteiger partial charge in [-0.1, -0.05) is 12.1 Å². The van der Waals surface area contributed by atoms with Gasteiger partial charge in [-0.3, -0.25) is 0 Å². The van der Waals surface area contributed by atoms with Crippen molar-refractivity contribution >= 4 is 11.4 Å². The minimum Gasteiger partial charge on any atom is -0.497 e. The number of rotatable bonds is 4. The van der Waals surface area contributed by atoms with Crippen molar-refractivity contribution in [3.63, 3.8) is 0 Å². The molecule has 0 aliphatic rings. The van der Waals surface area contributed by atoms with Crippen LogP contribution in [0.3, 0.4) is 0 Å². The number of benzene rings is 2. The second-order valence-corrected chi connectivity index (χ2v) is 4.36. The first-order chi connectivity index (χ1) is 10.5. The van der Waals surface area contributed by atoms with E-state index in [1.165, 1.54) is 44.6 Å². The lowest BCUT2D eigenvalue weighted by molar-refractivity contribution is -0.0580. The first kappa shape index (κ1) is 15.9. The molecule has 3 nitrogen and oxygen atoms in total. The molecule has 116 valence electrons. The standard InChI is InChI=1S/C16H14F3NO2/c1-21-12-9-7-11(8-10-12)20-15(16(17,18)19)13-5-3-4-6-14(13)22-2/h3-10H,1-2H3. The second kappa shape index (κ2) is 6.51. The molecule has 0 fully saturated rings. The lowest BCUT2D eigenvalue weighted by Gasteiger charge is -2.14. The molecule has 6 heteroatoms. The van der Waals surface area contributed by atoms with Crippen LogP contribution in [0.2, 0.25) is 0 Å². The molecule has 0 saturated carbocycles.